The van der Waals surface area contributed by atoms with Gasteiger partial charge in [-0.15, -0.1) is 0 Å². The number of rotatable bonds is 9. The Balaban J connectivity index is 2.26. The maximum absolute atomic E-state index is 12.8. The third kappa shape index (κ3) is 7.61. The Morgan fingerprint density at radius 1 is 1.26 bits per heavy atom. The van der Waals surface area contributed by atoms with Crippen LogP contribution in [0.1, 0.15) is 45.6 Å². The van der Waals surface area contributed by atoms with Gasteiger partial charge in [0, 0.05) is 16.2 Å². The quantitative estimate of drug-likeness (QED) is 0.153. The van der Waals surface area contributed by atoms with E-state index in [2.05, 4.69) is 20.7 Å². The van der Waals surface area contributed by atoms with Gasteiger partial charge in [0.1, 0.15) is 0 Å². The predicted molar refractivity (Wildman–Crippen MR) is 126 cm³/mol. The number of ether oxygens (including phenoxy) is 2. The Morgan fingerprint density at radius 2 is 1.91 bits per heavy atom. The normalized spacial score (nSPS) is 20.2. The summed E-state index contributed by atoms with van der Waals surface area (Å²) in [4.78, 5) is 15.3. The molecule has 8 nitrogen and oxygen atoms in total. The van der Waals surface area contributed by atoms with Crippen molar-refractivity contribution in [2.24, 2.45) is 5.11 Å². The lowest BCUT2D eigenvalue weighted by Gasteiger charge is -2.37. The molecular formula is C22H28F3N5O3S. The van der Waals surface area contributed by atoms with E-state index in [1.165, 1.54) is 12.1 Å². The second kappa shape index (κ2) is 12.6. The molecule has 1 aromatic rings. The molecule has 0 heterocycles. The van der Waals surface area contributed by atoms with Crippen LogP contribution in [-0.4, -0.2) is 42.0 Å². The van der Waals surface area contributed by atoms with Crippen molar-refractivity contribution in [3.63, 3.8) is 0 Å². The summed E-state index contributed by atoms with van der Waals surface area (Å²) >= 11 is 5.36. The zero-order chi connectivity index (χ0) is 25.3. The van der Waals surface area contributed by atoms with Gasteiger partial charge in [-0.2, -0.15) is 13.2 Å². The third-order valence-electron chi connectivity index (χ3n) is 5.33. The van der Waals surface area contributed by atoms with Crippen molar-refractivity contribution < 1.29 is 27.4 Å². The van der Waals surface area contributed by atoms with Gasteiger partial charge in [-0.1, -0.05) is 19.0 Å². The van der Waals surface area contributed by atoms with Crippen molar-refractivity contribution in [3.05, 3.63) is 51.9 Å². The molecule has 2 N–H and O–H groups in total. The Morgan fingerprint density at radius 3 is 2.44 bits per heavy atom. The molecule has 34 heavy (non-hydrogen) atoms. The highest BCUT2D eigenvalue weighted by molar-refractivity contribution is 7.80. The number of azide groups is 1. The van der Waals surface area contributed by atoms with Crippen LogP contribution < -0.4 is 10.6 Å². The van der Waals surface area contributed by atoms with Gasteiger partial charge in [0.05, 0.1) is 36.5 Å². The number of nitrogens with one attached hydrogen (secondary N) is 2. The number of hydrogen-bond acceptors (Lipinski definition) is 5. The highest BCUT2D eigenvalue weighted by atomic mass is 32.1. The van der Waals surface area contributed by atoms with Crippen LogP contribution in [-0.2, 0) is 20.4 Å². The molecule has 1 aliphatic carbocycles. The summed E-state index contributed by atoms with van der Waals surface area (Å²) in [6, 6.07) is 3.08. The van der Waals surface area contributed by atoms with Gasteiger partial charge in [0.2, 0.25) is 0 Å². The Bertz CT molecular complexity index is 929. The van der Waals surface area contributed by atoms with Crippen LogP contribution in [0.25, 0.3) is 10.4 Å². The SMILES string of the molecule is CCOC(=O)C1=C[C@H](OC(CC)CC)[C@H](NC(=S)Nc2ccc(C(F)(F)F)cc2)[C@@H](N=[N+]=[N-])C1. The molecule has 0 aliphatic heterocycles. The largest absolute Gasteiger partial charge is 0.463 e. The van der Waals surface area contributed by atoms with E-state index >= 15 is 0 Å². The van der Waals surface area contributed by atoms with Crippen molar-refractivity contribution in [2.45, 2.75) is 70.5 Å². The molecule has 0 radical (unpaired) electrons. The molecule has 0 fully saturated rings. The molecule has 1 aliphatic rings. The van der Waals surface area contributed by atoms with Crippen LogP contribution in [0.15, 0.2) is 41.0 Å². The molecule has 3 atom stereocenters. The number of esters is 1. The topological polar surface area (TPSA) is 108 Å². The van der Waals surface area contributed by atoms with Gasteiger partial charge >= 0.3 is 12.1 Å². The molecule has 0 saturated carbocycles. The first-order valence-corrected chi connectivity index (χ1v) is 11.4. The van der Waals surface area contributed by atoms with Crippen molar-refractivity contribution in [1.29, 1.82) is 0 Å². The number of carbonyl (C=O) groups excluding carboxylic acids is 1. The van der Waals surface area contributed by atoms with E-state index in [0.29, 0.717) is 11.3 Å². The second-order valence-corrected chi connectivity index (χ2v) is 8.04. The number of alkyl halides is 3. The van der Waals surface area contributed by atoms with Crippen LogP contribution in [0.2, 0.25) is 0 Å². The van der Waals surface area contributed by atoms with Gasteiger partial charge in [0.25, 0.3) is 0 Å². The van der Waals surface area contributed by atoms with Crippen molar-refractivity contribution in [3.8, 4) is 0 Å². The summed E-state index contributed by atoms with van der Waals surface area (Å²) in [6.45, 7) is 5.83. The summed E-state index contributed by atoms with van der Waals surface area (Å²) in [6.07, 6.45) is -2.00. The number of thiocarbonyl (C=S) groups is 1. The number of hydrogen-bond donors (Lipinski definition) is 2. The van der Waals surface area contributed by atoms with Crippen LogP contribution in [0.3, 0.4) is 0 Å². The predicted octanol–water partition coefficient (Wildman–Crippen LogP) is 5.51. The van der Waals surface area contributed by atoms with E-state index in [1.54, 1.807) is 13.0 Å². The minimum absolute atomic E-state index is 0.106. The Kier molecular flexibility index (Phi) is 10.2. The minimum Gasteiger partial charge on any atom is -0.463 e. The van der Waals surface area contributed by atoms with Gasteiger partial charge in [0.15, 0.2) is 5.11 Å². The van der Waals surface area contributed by atoms with E-state index in [1.807, 2.05) is 13.8 Å². The highest BCUT2D eigenvalue weighted by Gasteiger charge is 2.37. The fourth-order valence-electron chi connectivity index (χ4n) is 3.56. The maximum atomic E-state index is 12.8. The molecule has 1 aromatic carbocycles. The first-order valence-electron chi connectivity index (χ1n) is 10.9. The monoisotopic (exact) mass is 499 g/mol. The molecule has 0 saturated heterocycles. The van der Waals surface area contributed by atoms with Gasteiger partial charge in [-0.3, -0.25) is 0 Å². The fourth-order valence-corrected chi connectivity index (χ4v) is 3.82. The summed E-state index contributed by atoms with van der Waals surface area (Å²) in [5.74, 6) is -0.511. The Hall–Kier alpha value is -2.82. The van der Waals surface area contributed by atoms with Crippen molar-refractivity contribution in [2.75, 3.05) is 11.9 Å². The smallest absolute Gasteiger partial charge is 0.416 e. The van der Waals surface area contributed by atoms with Crippen LogP contribution in [0.4, 0.5) is 18.9 Å². The maximum Gasteiger partial charge on any atom is 0.416 e. The molecule has 186 valence electrons. The number of benzene rings is 1. The van der Waals surface area contributed by atoms with E-state index < -0.39 is 35.9 Å². The summed E-state index contributed by atoms with van der Waals surface area (Å²) in [7, 11) is 0. The molecule has 0 unspecified atom stereocenters. The van der Waals surface area contributed by atoms with Crippen LogP contribution >= 0.6 is 12.2 Å². The third-order valence-corrected chi connectivity index (χ3v) is 5.55. The lowest BCUT2D eigenvalue weighted by Crippen LogP contribution is -2.54. The molecule has 0 amide bonds. The first kappa shape index (κ1) is 27.4. The molecule has 2 rings (SSSR count). The number of halogens is 3. The molecule has 0 spiro atoms. The molecule has 0 aromatic heterocycles. The minimum atomic E-state index is -4.44. The summed E-state index contributed by atoms with van der Waals surface area (Å²) in [5.41, 5.74) is 9.02. The van der Waals surface area contributed by atoms with Crippen molar-refractivity contribution in [1.82, 2.24) is 5.32 Å². The van der Waals surface area contributed by atoms with E-state index in [4.69, 9.17) is 27.2 Å². The van der Waals surface area contributed by atoms with E-state index in [9.17, 15) is 18.0 Å². The Labute approximate surface area is 201 Å². The highest BCUT2D eigenvalue weighted by Crippen LogP contribution is 2.30. The molecular weight excluding hydrogens is 471 g/mol. The molecule has 0 bridgehead atoms. The summed E-state index contributed by atoms with van der Waals surface area (Å²) in [5, 5.41) is 9.84. The number of carbonyl (C=O) groups is 1. The first-order chi connectivity index (χ1) is 16.1. The second-order valence-electron chi connectivity index (χ2n) is 7.63. The summed E-state index contributed by atoms with van der Waals surface area (Å²) < 4.78 is 49.7. The average molecular weight is 500 g/mol. The zero-order valence-corrected chi connectivity index (χ0v) is 19.9. The number of anilines is 1. The van der Waals surface area contributed by atoms with E-state index in [0.717, 1.165) is 25.0 Å². The van der Waals surface area contributed by atoms with Gasteiger partial charge in [-0.05, 0) is 74.3 Å². The standard InChI is InChI=1S/C22H28F3N5O3S/c1-4-16(5-2)33-18-12-13(20(31)32-6-3)11-17(29-30-26)19(18)28-21(34)27-15-9-7-14(8-10-15)22(23,24)25/h7-10,12,16-19H,4-6,11H2,1-3H3,(H2,27,28,34)/t17-,18-,19+/m0/s1. The lowest BCUT2D eigenvalue weighted by molar-refractivity contribution is -0.139. The van der Waals surface area contributed by atoms with Crippen LogP contribution in [0.5, 0.6) is 0 Å². The van der Waals surface area contributed by atoms with E-state index in [-0.39, 0.29) is 24.2 Å². The van der Waals surface area contributed by atoms with Gasteiger partial charge < -0.3 is 20.1 Å². The fraction of sp³-hybridized carbons (Fsp3) is 0.545. The average Bonchev–Trinajstić information content (AvgIpc) is 2.79. The van der Waals surface area contributed by atoms with Gasteiger partial charge in [-0.25, -0.2) is 4.79 Å². The van der Waals surface area contributed by atoms with Crippen LogP contribution in [0, 0.1) is 0 Å². The number of nitrogens with zero attached hydrogens (tertiary/aromatic N) is 3. The van der Waals surface area contributed by atoms with Crippen molar-refractivity contribution >= 4 is 29.0 Å². The lowest BCUT2D eigenvalue weighted by atomic mass is 9.88. The molecule has 12 heteroatoms. The zero-order valence-electron chi connectivity index (χ0n) is 19.1.